The summed E-state index contributed by atoms with van der Waals surface area (Å²) in [6, 6.07) is 23.5. The van der Waals surface area contributed by atoms with Crippen molar-refractivity contribution < 1.29 is 14.3 Å². The Bertz CT molecular complexity index is 965. The Morgan fingerprint density at radius 1 is 0.893 bits per heavy atom. The first-order valence-electron chi connectivity index (χ1n) is 9.02. The molecule has 28 heavy (non-hydrogen) atoms. The molecule has 0 aliphatic heterocycles. The van der Waals surface area contributed by atoms with Crippen LogP contribution in [0.5, 0.6) is 11.5 Å². The summed E-state index contributed by atoms with van der Waals surface area (Å²) >= 11 is 0. The van der Waals surface area contributed by atoms with E-state index in [2.05, 4.69) is 17.4 Å². The molecule has 0 aliphatic carbocycles. The molecule has 0 unspecified atom stereocenters. The molecule has 4 nitrogen and oxygen atoms in total. The fraction of sp³-hybridized carbons (Fsp3) is 0.125. The fourth-order valence-electron chi connectivity index (χ4n) is 2.91. The number of carbonyl (C=O) groups excluding carboxylic acids is 1. The van der Waals surface area contributed by atoms with E-state index in [-0.39, 0.29) is 5.91 Å². The number of methoxy groups -OCH3 is 2. The van der Waals surface area contributed by atoms with Gasteiger partial charge in [-0.1, -0.05) is 54.6 Å². The van der Waals surface area contributed by atoms with Gasteiger partial charge in [0.05, 0.1) is 14.2 Å². The molecule has 3 rings (SSSR count). The minimum Gasteiger partial charge on any atom is -0.493 e. The first kappa shape index (κ1) is 19.2. The van der Waals surface area contributed by atoms with Crippen LogP contribution in [0.15, 0.2) is 78.9 Å². The largest absolute Gasteiger partial charge is 0.493 e. The van der Waals surface area contributed by atoms with Gasteiger partial charge in [0.25, 0.3) is 0 Å². The predicted molar refractivity (Wildman–Crippen MR) is 113 cm³/mol. The normalized spacial score (nSPS) is 10.6. The molecule has 0 saturated carbocycles. The Balaban J connectivity index is 1.71. The van der Waals surface area contributed by atoms with E-state index < -0.39 is 0 Å². The Kier molecular flexibility index (Phi) is 6.47. The van der Waals surface area contributed by atoms with Crippen LogP contribution >= 0.6 is 0 Å². The van der Waals surface area contributed by atoms with E-state index in [4.69, 9.17) is 9.47 Å². The van der Waals surface area contributed by atoms with Crippen molar-refractivity contribution in [1.29, 1.82) is 0 Å². The zero-order chi connectivity index (χ0) is 19.8. The van der Waals surface area contributed by atoms with Crippen LogP contribution in [0.3, 0.4) is 0 Å². The second kappa shape index (κ2) is 9.42. The third-order valence-corrected chi connectivity index (χ3v) is 4.35. The number of nitrogens with one attached hydrogen (secondary N) is 1. The lowest BCUT2D eigenvalue weighted by Crippen LogP contribution is -2.10. The average molecular weight is 373 g/mol. The fourth-order valence-corrected chi connectivity index (χ4v) is 2.91. The lowest BCUT2D eigenvalue weighted by Gasteiger charge is -2.10. The molecule has 3 aromatic carbocycles. The molecular formula is C24H23NO3. The second-order valence-corrected chi connectivity index (χ2v) is 6.26. The van der Waals surface area contributed by atoms with Gasteiger partial charge in [0.15, 0.2) is 11.5 Å². The standard InChI is InChI=1S/C24H23NO3/c1-27-22-14-12-19(17-23(22)28-2)13-15-24(26)25-21-11-7-6-10-20(21)16-18-8-4-3-5-9-18/h3-15,17H,16H2,1-2H3,(H,25,26)/b15-13+. The van der Waals surface area contributed by atoms with Gasteiger partial charge in [0.1, 0.15) is 0 Å². The first-order valence-corrected chi connectivity index (χ1v) is 9.02. The summed E-state index contributed by atoms with van der Waals surface area (Å²) in [6.45, 7) is 0. The molecule has 1 N–H and O–H groups in total. The van der Waals surface area contributed by atoms with Gasteiger partial charge in [-0.3, -0.25) is 4.79 Å². The highest BCUT2D eigenvalue weighted by atomic mass is 16.5. The second-order valence-electron chi connectivity index (χ2n) is 6.26. The van der Waals surface area contributed by atoms with Gasteiger partial charge in [0, 0.05) is 11.8 Å². The summed E-state index contributed by atoms with van der Waals surface area (Å²) in [5.74, 6) is 1.09. The Morgan fingerprint density at radius 2 is 1.61 bits per heavy atom. The number of hydrogen-bond donors (Lipinski definition) is 1. The number of ether oxygens (including phenoxy) is 2. The number of anilines is 1. The average Bonchev–Trinajstić information content (AvgIpc) is 2.74. The number of carbonyl (C=O) groups is 1. The number of benzene rings is 3. The van der Waals surface area contributed by atoms with E-state index in [1.54, 1.807) is 20.3 Å². The van der Waals surface area contributed by atoms with Crippen molar-refractivity contribution in [2.45, 2.75) is 6.42 Å². The van der Waals surface area contributed by atoms with E-state index in [0.29, 0.717) is 11.5 Å². The van der Waals surface area contributed by atoms with Gasteiger partial charge in [-0.2, -0.15) is 0 Å². The zero-order valence-electron chi connectivity index (χ0n) is 16.0. The molecule has 1 amide bonds. The van der Waals surface area contributed by atoms with Crippen LogP contribution in [0.1, 0.15) is 16.7 Å². The summed E-state index contributed by atoms with van der Waals surface area (Å²) in [6.07, 6.45) is 4.02. The maximum absolute atomic E-state index is 12.4. The van der Waals surface area contributed by atoms with Crippen molar-refractivity contribution in [3.63, 3.8) is 0 Å². The smallest absolute Gasteiger partial charge is 0.248 e. The van der Waals surface area contributed by atoms with Crippen molar-refractivity contribution in [2.75, 3.05) is 19.5 Å². The molecule has 0 aliphatic rings. The molecule has 0 saturated heterocycles. The number of rotatable bonds is 7. The molecule has 0 aromatic heterocycles. The third-order valence-electron chi connectivity index (χ3n) is 4.35. The summed E-state index contributed by atoms with van der Waals surface area (Å²) in [7, 11) is 3.18. The SMILES string of the molecule is COc1ccc(/C=C/C(=O)Nc2ccccc2Cc2ccccc2)cc1OC. The lowest BCUT2D eigenvalue weighted by atomic mass is 10.0. The first-order chi connectivity index (χ1) is 13.7. The van der Waals surface area contributed by atoms with Crippen molar-refractivity contribution >= 4 is 17.7 Å². The van der Waals surface area contributed by atoms with Crippen LogP contribution in [-0.4, -0.2) is 20.1 Å². The van der Waals surface area contributed by atoms with Crippen molar-refractivity contribution in [1.82, 2.24) is 0 Å². The zero-order valence-corrected chi connectivity index (χ0v) is 16.0. The van der Waals surface area contributed by atoms with Crippen LogP contribution in [0, 0.1) is 0 Å². The van der Waals surface area contributed by atoms with Crippen LogP contribution in [-0.2, 0) is 11.2 Å². The Hall–Kier alpha value is -3.53. The molecule has 0 spiro atoms. The molecule has 0 bridgehead atoms. The van der Waals surface area contributed by atoms with Crippen LogP contribution < -0.4 is 14.8 Å². The molecule has 4 heteroatoms. The molecule has 0 fully saturated rings. The summed E-state index contributed by atoms with van der Waals surface area (Å²) < 4.78 is 10.5. The minimum atomic E-state index is -0.185. The topological polar surface area (TPSA) is 47.6 Å². The maximum atomic E-state index is 12.4. The highest BCUT2D eigenvalue weighted by Gasteiger charge is 2.06. The summed E-state index contributed by atoms with van der Waals surface area (Å²) in [4.78, 5) is 12.4. The van der Waals surface area contributed by atoms with E-state index in [1.165, 1.54) is 11.6 Å². The summed E-state index contributed by atoms with van der Waals surface area (Å²) in [5, 5.41) is 2.97. The van der Waals surface area contributed by atoms with Gasteiger partial charge in [-0.05, 0) is 47.4 Å². The van der Waals surface area contributed by atoms with Crippen LogP contribution in [0.2, 0.25) is 0 Å². The third kappa shape index (κ3) is 5.01. The van der Waals surface area contributed by atoms with E-state index in [0.717, 1.165) is 23.2 Å². The summed E-state index contributed by atoms with van der Waals surface area (Å²) in [5.41, 5.74) is 3.94. The molecule has 0 heterocycles. The number of hydrogen-bond acceptors (Lipinski definition) is 3. The van der Waals surface area contributed by atoms with Gasteiger partial charge in [-0.15, -0.1) is 0 Å². The quantitative estimate of drug-likeness (QED) is 0.596. The highest BCUT2D eigenvalue weighted by molar-refractivity contribution is 6.02. The van der Waals surface area contributed by atoms with Crippen molar-refractivity contribution in [2.24, 2.45) is 0 Å². The monoisotopic (exact) mass is 373 g/mol. The van der Waals surface area contributed by atoms with Crippen LogP contribution in [0.25, 0.3) is 6.08 Å². The van der Waals surface area contributed by atoms with E-state index in [1.807, 2.05) is 60.7 Å². The van der Waals surface area contributed by atoms with Crippen LogP contribution in [0.4, 0.5) is 5.69 Å². The van der Waals surface area contributed by atoms with Gasteiger partial charge >= 0.3 is 0 Å². The minimum absolute atomic E-state index is 0.185. The maximum Gasteiger partial charge on any atom is 0.248 e. The number of para-hydroxylation sites is 1. The van der Waals surface area contributed by atoms with Gasteiger partial charge in [-0.25, -0.2) is 0 Å². The molecular weight excluding hydrogens is 350 g/mol. The van der Waals surface area contributed by atoms with E-state index in [9.17, 15) is 4.79 Å². The predicted octanol–water partition coefficient (Wildman–Crippen LogP) is 4.95. The molecule has 142 valence electrons. The Labute approximate surface area is 165 Å². The van der Waals surface area contributed by atoms with Crippen molar-refractivity contribution in [3.8, 4) is 11.5 Å². The Morgan fingerprint density at radius 3 is 2.36 bits per heavy atom. The van der Waals surface area contributed by atoms with E-state index >= 15 is 0 Å². The van der Waals surface area contributed by atoms with Gasteiger partial charge in [0.2, 0.25) is 5.91 Å². The molecule has 0 atom stereocenters. The van der Waals surface area contributed by atoms with Crippen molar-refractivity contribution in [3.05, 3.63) is 95.6 Å². The number of amides is 1. The highest BCUT2D eigenvalue weighted by Crippen LogP contribution is 2.28. The molecule has 0 radical (unpaired) electrons. The molecule has 3 aromatic rings. The lowest BCUT2D eigenvalue weighted by molar-refractivity contribution is -0.111. The van der Waals surface area contributed by atoms with Gasteiger partial charge < -0.3 is 14.8 Å².